The number of carbonyl (C=O) groups is 2. The van der Waals surface area contributed by atoms with Crippen molar-refractivity contribution < 1.29 is 14.3 Å². The Hall–Kier alpha value is -2.86. The van der Waals surface area contributed by atoms with Crippen LogP contribution >= 0.6 is 0 Å². The SMILES string of the molecule is CC[Si](CC)(CC)C(C(=O)NCc1ccccc1)c1cn(C(=O)OC(C)(C)C)c2ccccc12. The Kier molecular flexibility index (Phi) is 8.03. The van der Waals surface area contributed by atoms with E-state index in [0.717, 1.165) is 40.2 Å². The van der Waals surface area contributed by atoms with Crippen molar-refractivity contribution >= 4 is 31.0 Å². The topological polar surface area (TPSA) is 60.3 Å². The molecule has 5 nitrogen and oxygen atoms in total. The summed E-state index contributed by atoms with van der Waals surface area (Å²) < 4.78 is 7.27. The summed E-state index contributed by atoms with van der Waals surface area (Å²) >= 11 is 0. The van der Waals surface area contributed by atoms with Crippen LogP contribution in [0.25, 0.3) is 10.9 Å². The smallest absolute Gasteiger partial charge is 0.419 e. The zero-order chi connectivity index (χ0) is 24.9. The molecular formula is C28H38N2O3Si. The fourth-order valence-electron chi connectivity index (χ4n) is 4.90. The normalized spacial score (nSPS) is 13.0. The number of aromatic nitrogens is 1. The molecule has 6 heteroatoms. The molecular weight excluding hydrogens is 440 g/mol. The van der Waals surface area contributed by atoms with E-state index in [1.54, 1.807) is 4.57 Å². The van der Waals surface area contributed by atoms with Gasteiger partial charge < -0.3 is 10.1 Å². The summed E-state index contributed by atoms with van der Waals surface area (Å²) in [6, 6.07) is 20.8. The Labute approximate surface area is 204 Å². The van der Waals surface area contributed by atoms with E-state index < -0.39 is 19.8 Å². The lowest BCUT2D eigenvalue weighted by atomic mass is 10.1. The van der Waals surface area contributed by atoms with E-state index in [1.807, 2.05) is 81.6 Å². The van der Waals surface area contributed by atoms with Crippen molar-refractivity contribution in [2.24, 2.45) is 0 Å². The maximum Gasteiger partial charge on any atom is 0.419 e. The van der Waals surface area contributed by atoms with Crippen LogP contribution in [0.5, 0.6) is 0 Å². The zero-order valence-electron chi connectivity index (χ0n) is 21.4. The third-order valence-corrected chi connectivity index (χ3v) is 13.0. The van der Waals surface area contributed by atoms with E-state index in [4.69, 9.17) is 4.74 Å². The van der Waals surface area contributed by atoms with Crippen molar-refractivity contribution in [3.63, 3.8) is 0 Å². The number of hydrogen-bond acceptors (Lipinski definition) is 3. The van der Waals surface area contributed by atoms with Gasteiger partial charge in [-0.05, 0) is 38.0 Å². The Bertz CT molecular complexity index is 1120. The Morgan fingerprint density at radius 1 is 0.941 bits per heavy atom. The summed E-state index contributed by atoms with van der Waals surface area (Å²) in [7, 11) is -2.05. The molecule has 0 spiro atoms. The first-order valence-corrected chi connectivity index (χ1v) is 15.0. The molecule has 0 aliphatic heterocycles. The van der Waals surface area contributed by atoms with Crippen LogP contribution in [-0.4, -0.2) is 30.2 Å². The molecule has 3 rings (SSSR count). The summed E-state index contributed by atoms with van der Waals surface area (Å²) in [6.45, 7) is 12.7. The number of rotatable bonds is 8. The minimum Gasteiger partial charge on any atom is -0.443 e. The van der Waals surface area contributed by atoms with Crippen LogP contribution < -0.4 is 5.32 Å². The van der Waals surface area contributed by atoms with E-state index in [-0.39, 0.29) is 11.4 Å². The molecule has 0 saturated carbocycles. The van der Waals surface area contributed by atoms with Gasteiger partial charge in [0.2, 0.25) is 5.91 Å². The molecule has 182 valence electrons. The van der Waals surface area contributed by atoms with E-state index in [9.17, 15) is 9.59 Å². The first-order chi connectivity index (χ1) is 16.2. The van der Waals surface area contributed by atoms with Gasteiger partial charge >= 0.3 is 6.09 Å². The quantitative estimate of drug-likeness (QED) is 0.359. The van der Waals surface area contributed by atoms with E-state index in [1.165, 1.54) is 0 Å². The van der Waals surface area contributed by atoms with Gasteiger partial charge in [0.15, 0.2) is 0 Å². The largest absolute Gasteiger partial charge is 0.443 e. The third-order valence-electron chi connectivity index (χ3n) is 6.94. The number of fused-ring (bicyclic) bond motifs is 1. The average molecular weight is 479 g/mol. The van der Waals surface area contributed by atoms with Crippen molar-refractivity contribution in [3.05, 3.63) is 71.9 Å². The van der Waals surface area contributed by atoms with Crippen LogP contribution in [0.3, 0.4) is 0 Å². The second kappa shape index (κ2) is 10.6. The first kappa shape index (κ1) is 25.8. The Morgan fingerprint density at radius 2 is 1.53 bits per heavy atom. The molecule has 1 atom stereocenters. The van der Waals surface area contributed by atoms with Crippen LogP contribution in [0.1, 0.15) is 58.2 Å². The number of nitrogens with zero attached hydrogens (tertiary/aromatic N) is 1. The molecule has 0 aliphatic rings. The molecule has 0 fully saturated rings. The fraction of sp³-hybridized carbons (Fsp3) is 0.429. The van der Waals surface area contributed by atoms with Crippen molar-refractivity contribution in [2.75, 3.05) is 0 Å². The summed E-state index contributed by atoms with van der Waals surface area (Å²) in [5, 5.41) is 4.16. The molecule has 3 aromatic rings. The number of benzene rings is 2. The van der Waals surface area contributed by atoms with Gasteiger partial charge in [0.1, 0.15) is 5.60 Å². The van der Waals surface area contributed by atoms with Gasteiger partial charge in [-0.2, -0.15) is 0 Å². The van der Waals surface area contributed by atoms with E-state index in [0.29, 0.717) is 6.54 Å². The first-order valence-electron chi connectivity index (χ1n) is 12.3. The second-order valence-electron chi connectivity index (χ2n) is 10.0. The van der Waals surface area contributed by atoms with Gasteiger partial charge in [-0.3, -0.25) is 9.36 Å². The maximum absolute atomic E-state index is 13.9. The maximum atomic E-state index is 13.9. The second-order valence-corrected chi connectivity index (χ2v) is 15.4. The predicted molar refractivity (Wildman–Crippen MR) is 142 cm³/mol. The number of amides is 1. The van der Waals surface area contributed by atoms with Crippen LogP contribution in [0, 0.1) is 0 Å². The van der Waals surface area contributed by atoms with E-state index in [2.05, 4.69) is 26.1 Å². The van der Waals surface area contributed by atoms with Crippen LogP contribution in [-0.2, 0) is 16.1 Å². The number of hydrogen-bond donors (Lipinski definition) is 1. The third kappa shape index (κ3) is 5.44. The molecule has 0 radical (unpaired) electrons. The van der Waals surface area contributed by atoms with Gasteiger partial charge in [0, 0.05) is 18.1 Å². The van der Waals surface area contributed by atoms with Crippen LogP contribution in [0.2, 0.25) is 18.1 Å². The highest BCUT2D eigenvalue weighted by Gasteiger charge is 2.43. The highest BCUT2D eigenvalue weighted by molar-refractivity contribution is 6.83. The predicted octanol–water partition coefficient (Wildman–Crippen LogP) is 6.87. The van der Waals surface area contributed by atoms with E-state index >= 15 is 0 Å². The summed E-state index contributed by atoms with van der Waals surface area (Å²) in [5.74, 6) is 0.0492. The van der Waals surface area contributed by atoms with Gasteiger partial charge in [-0.15, -0.1) is 0 Å². The van der Waals surface area contributed by atoms with Gasteiger partial charge in [0.05, 0.1) is 19.1 Å². The molecule has 1 aromatic heterocycles. The fourth-order valence-corrected chi connectivity index (χ4v) is 9.17. The number of ether oxygens (including phenoxy) is 1. The highest BCUT2D eigenvalue weighted by Crippen LogP contribution is 2.40. The molecule has 34 heavy (non-hydrogen) atoms. The molecule has 0 bridgehead atoms. The van der Waals surface area contributed by atoms with Crippen molar-refractivity contribution in [1.82, 2.24) is 9.88 Å². The zero-order valence-corrected chi connectivity index (χ0v) is 22.4. The molecule has 1 N–H and O–H groups in total. The van der Waals surface area contributed by atoms with Crippen molar-refractivity contribution in [3.8, 4) is 0 Å². The lowest BCUT2D eigenvalue weighted by Crippen LogP contribution is -2.47. The van der Waals surface area contributed by atoms with Crippen LogP contribution in [0.15, 0.2) is 60.8 Å². The summed E-state index contributed by atoms with van der Waals surface area (Å²) in [6.07, 6.45) is 1.43. The van der Waals surface area contributed by atoms with Crippen molar-refractivity contribution in [2.45, 2.75) is 77.4 Å². The van der Waals surface area contributed by atoms with Crippen LogP contribution in [0.4, 0.5) is 4.79 Å². The molecule has 2 aromatic carbocycles. The summed E-state index contributed by atoms with van der Waals surface area (Å²) in [5.41, 5.74) is 1.92. The van der Waals surface area contributed by atoms with Gasteiger partial charge in [0.25, 0.3) is 0 Å². The molecule has 1 heterocycles. The number of para-hydroxylation sites is 1. The molecule has 1 amide bonds. The lowest BCUT2D eigenvalue weighted by Gasteiger charge is -2.36. The molecule has 0 aliphatic carbocycles. The summed E-state index contributed by atoms with van der Waals surface area (Å²) in [4.78, 5) is 27.0. The highest BCUT2D eigenvalue weighted by atomic mass is 28.3. The van der Waals surface area contributed by atoms with Crippen molar-refractivity contribution in [1.29, 1.82) is 0 Å². The van der Waals surface area contributed by atoms with Gasteiger partial charge in [-0.1, -0.05) is 87.4 Å². The number of carbonyl (C=O) groups excluding carboxylic acids is 2. The number of nitrogens with one attached hydrogen (secondary N) is 1. The Morgan fingerprint density at radius 3 is 2.12 bits per heavy atom. The Balaban J connectivity index is 2.11. The standard InChI is InChI=1S/C28H38N2O3Si/c1-7-34(8-2,9-3)25(26(31)29-19-21-15-11-10-12-16-21)23-20-30(27(32)33-28(4,5)6)24-18-14-13-17-22(23)24/h10-18,20,25H,7-9,19H2,1-6H3,(H,29,31). The minimum atomic E-state index is -2.05. The lowest BCUT2D eigenvalue weighted by molar-refractivity contribution is -0.121. The minimum absolute atomic E-state index is 0.0492. The van der Waals surface area contributed by atoms with Gasteiger partial charge in [-0.25, -0.2) is 4.79 Å². The molecule has 0 saturated heterocycles. The average Bonchev–Trinajstić information content (AvgIpc) is 3.20. The monoisotopic (exact) mass is 478 g/mol. The molecule has 1 unspecified atom stereocenters.